The summed E-state index contributed by atoms with van der Waals surface area (Å²) < 4.78 is 34.6. The molecule has 34 heavy (non-hydrogen) atoms. The highest BCUT2D eigenvalue weighted by atomic mass is 35.5. The number of halogens is 2. The Bertz CT molecular complexity index is 1310. The molecule has 0 aliphatic carbocycles. The Labute approximate surface area is 209 Å². The average molecular weight is 522 g/mol. The Hall–Kier alpha value is -2.74. The van der Waals surface area contributed by atoms with Crippen LogP contribution in [-0.4, -0.2) is 27.7 Å². The number of methoxy groups -OCH3 is 1. The van der Waals surface area contributed by atoms with E-state index >= 15 is 0 Å². The van der Waals surface area contributed by atoms with Crippen molar-refractivity contribution in [3.63, 3.8) is 0 Å². The molecule has 3 rings (SSSR count). The molecular formula is C25H25Cl2NO5S. The molecule has 0 fully saturated rings. The van der Waals surface area contributed by atoms with Crippen molar-refractivity contribution in [1.82, 2.24) is 5.32 Å². The van der Waals surface area contributed by atoms with Crippen LogP contribution in [0.5, 0.6) is 17.2 Å². The van der Waals surface area contributed by atoms with Crippen LogP contribution in [0, 0.1) is 0 Å². The molecular weight excluding hydrogens is 497 g/mol. The number of nitrogens with one attached hydrogen (secondary N) is 1. The molecule has 0 radical (unpaired) electrons. The largest absolute Gasteiger partial charge is 0.496 e. The Balaban J connectivity index is 1.80. The van der Waals surface area contributed by atoms with Gasteiger partial charge in [-0.15, -0.1) is 0 Å². The molecule has 0 atom stereocenters. The summed E-state index contributed by atoms with van der Waals surface area (Å²) in [4.78, 5) is 13.0. The maximum absolute atomic E-state index is 12.8. The lowest BCUT2D eigenvalue weighted by atomic mass is 10.0. The molecule has 3 aromatic carbocycles. The summed E-state index contributed by atoms with van der Waals surface area (Å²) in [6.07, 6.45) is 1.14. The SMILES string of the molecule is COc1ccc(Oc2c(Cl)ccc(C(=O)NCc3ccc(S(C)(=O)=O)cc3)c2Cl)cc1C(C)C. The van der Waals surface area contributed by atoms with Gasteiger partial charge in [0.1, 0.15) is 11.5 Å². The third kappa shape index (κ3) is 6.03. The van der Waals surface area contributed by atoms with Gasteiger partial charge in [-0.1, -0.05) is 49.2 Å². The summed E-state index contributed by atoms with van der Waals surface area (Å²) in [5, 5.41) is 3.12. The third-order valence-electron chi connectivity index (χ3n) is 5.14. The first kappa shape index (κ1) is 25.9. The molecule has 6 nitrogen and oxygen atoms in total. The number of carbonyl (C=O) groups is 1. The average Bonchev–Trinajstić information content (AvgIpc) is 2.79. The molecule has 0 heterocycles. The van der Waals surface area contributed by atoms with Gasteiger partial charge in [-0.05, 0) is 53.9 Å². The second-order valence-electron chi connectivity index (χ2n) is 8.00. The van der Waals surface area contributed by atoms with Gasteiger partial charge in [0.05, 0.1) is 27.6 Å². The van der Waals surface area contributed by atoms with Gasteiger partial charge in [-0.2, -0.15) is 0 Å². The molecule has 0 spiro atoms. The van der Waals surface area contributed by atoms with E-state index in [4.69, 9.17) is 32.7 Å². The van der Waals surface area contributed by atoms with E-state index in [2.05, 4.69) is 5.32 Å². The fourth-order valence-corrected chi connectivity index (χ4v) is 4.44. The standard InChI is InChI=1S/C25H25Cl2NO5S/c1-15(2)20-13-17(7-12-22(20)32-3)33-24-21(26)11-10-19(23(24)27)25(29)28-14-16-5-8-18(9-6-16)34(4,30)31/h5-13,15H,14H2,1-4H3,(H,28,29). The number of sulfone groups is 1. The van der Waals surface area contributed by atoms with Crippen LogP contribution < -0.4 is 14.8 Å². The van der Waals surface area contributed by atoms with E-state index in [0.717, 1.165) is 23.1 Å². The lowest BCUT2D eigenvalue weighted by Crippen LogP contribution is -2.23. The lowest BCUT2D eigenvalue weighted by molar-refractivity contribution is 0.0950. The summed E-state index contributed by atoms with van der Waals surface area (Å²) in [7, 11) is -1.68. The van der Waals surface area contributed by atoms with Crippen LogP contribution in [0.15, 0.2) is 59.5 Å². The van der Waals surface area contributed by atoms with Crippen molar-refractivity contribution >= 4 is 38.9 Å². The first-order valence-electron chi connectivity index (χ1n) is 10.4. The first-order chi connectivity index (χ1) is 16.0. The van der Waals surface area contributed by atoms with Crippen LogP contribution >= 0.6 is 23.2 Å². The van der Waals surface area contributed by atoms with Crippen molar-refractivity contribution in [2.24, 2.45) is 0 Å². The van der Waals surface area contributed by atoms with Crippen LogP contribution in [0.25, 0.3) is 0 Å². The Morgan fingerprint density at radius 3 is 2.29 bits per heavy atom. The summed E-state index contributed by atoms with van der Waals surface area (Å²) in [6.45, 7) is 4.27. The van der Waals surface area contributed by atoms with Crippen molar-refractivity contribution in [2.45, 2.75) is 31.2 Å². The topological polar surface area (TPSA) is 81.7 Å². The number of benzene rings is 3. The Morgan fingerprint density at radius 1 is 1.03 bits per heavy atom. The molecule has 0 bridgehead atoms. The third-order valence-corrected chi connectivity index (χ3v) is 6.94. The van der Waals surface area contributed by atoms with Gasteiger partial charge in [-0.3, -0.25) is 4.79 Å². The zero-order chi connectivity index (χ0) is 25.0. The fraction of sp³-hybridized carbons (Fsp3) is 0.240. The fourth-order valence-electron chi connectivity index (χ4n) is 3.28. The minimum Gasteiger partial charge on any atom is -0.496 e. The quantitative estimate of drug-likeness (QED) is 0.378. The minimum absolute atomic E-state index is 0.0827. The predicted octanol–water partition coefficient (Wildman–Crippen LogP) is 6.25. The van der Waals surface area contributed by atoms with Crippen LogP contribution in [0.3, 0.4) is 0 Å². The number of rotatable bonds is 8. The number of ether oxygens (including phenoxy) is 2. The lowest BCUT2D eigenvalue weighted by Gasteiger charge is -2.16. The van der Waals surface area contributed by atoms with Crippen molar-refractivity contribution in [2.75, 3.05) is 13.4 Å². The smallest absolute Gasteiger partial charge is 0.253 e. The second-order valence-corrected chi connectivity index (χ2v) is 10.8. The summed E-state index contributed by atoms with van der Waals surface area (Å²) in [5.74, 6) is 1.21. The van der Waals surface area contributed by atoms with Gasteiger partial charge in [0.15, 0.2) is 15.6 Å². The van der Waals surface area contributed by atoms with E-state index in [1.54, 1.807) is 37.4 Å². The van der Waals surface area contributed by atoms with E-state index < -0.39 is 15.7 Å². The molecule has 0 saturated carbocycles. The monoisotopic (exact) mass is 521 g/mol. The second kappa shape index (κ2) is 10.7. The maximum atomic E-state index is 12.8. The van der Waals surface area contributed by atoms with Crippen LogP contribution in [0.2, 0.25) is 10.0 Å². The highest BCUT2D eigenvalue weighted by Crippen LogP contribution is 2.40. The Kier molecular flexibility index (Phi) is 8.13. The highest BCUT2D eigenvalue weighted by molar-refractivity contribution is 7.90. The van der Waals surface area contributed by atoms with Crippen molar-refractivity contribution in [3.8, 4) is 17.2 Å². The number of hydrogen-bond donors (Lipinski definition) is 1. The van der Waals surface area contributed by atoms with E-state index in [1.807, 2.05) is 19.9 Å². The van der Waals surface area contributed by atoms with Crippen LogP contribution in [-0.2, 0) is 16.4 Å². The molecule has 0 aliphatic rings. The Morgan fingerprint density at radius 2 is 1.71 bits per heavy atom. The zero-order valence-corrected chi connectivity index (χ0v) is 21.5. The van der Waals surface area contributed by atoms with Crippen LogP contribution in [0.4, 0.5) is 0 Å². The number of carbonyl (C=O) groups excluding carboxylic acids is 1. The summed E-state index contributed by atoms with van der Waals surface area (Å²) in [6, 6.07) is 14.7. The predicted molar refractivity (Wildman–Crippen MR) is 134 cm³/mol. The van der Waals surface area contributed by atoms with Crippen molar-refractivity contribution < 1.29 is 22.7 Å². The van der Waals surface area contributed by atoms with Crippen molar-refractivity contribution in [1.29, 1.82) is 0 Å². The van der Waals surface area contributed by atoms with Gasteiger partial charge in [0, 0.05) is 18.4 Å². The number of hydrogen-bond acceptors (Lipinski definition) is 5. The number of amides is 1. The molecule has 0 saturated heterocycles. The highest BCUT2D eigenvalue weighted by Gasteiger charge is 2.19. The molecule has 3 aromatic rings. The van der Waals surface area contributed by atoms with Gasteiger partial charge < -0.3 is 14.8 Å². The molecule has 1 amide bonds. The summed E-state index contributed by atoms with van der Waals surface area (Å²) in [5.41, 5.74) is 1.90. The van der Waals surface area contributed by atoms with E-state index in [9.17, 15) is 13.2 Å². The van der Waals surface area contributed by atoms with E-state index in [-0.39, 0.29) is 38.7 Å². The molecule has 9 heteroatoms. The van der Waals surface area contributed by atoms with Gasteiger partial charge in [0.25, 0.3) is 5.91 Å². The first-order valence-corrected chi connectivity index (χ1v) is 13.1. The van der Waals surface area contributed by atoms with Gasteiger partial charge in [-0.25, -0.2) is 8.42 Å². The summed E-state index contributed by atoms with van der Waals surface area (Å²) >= 11 is 12.8. The molecule has 180 valence electrons. The maximum Gasteiger partial charge on any atom is 0.253 e. The molecule has 1 N–H and O–H groups in total. The molecule has 0 unspecified atom stereocenters. The molecule has 0 aliphatic heterocycles. The normalized spacial score (nSPS) is 11.4. The van der Waals surface area contributed by atoms with E-state index in [1.165, 1.54) is 18.2 Å². The van der Waals surface area contributed by atoms with E-state index in [0.29, 0.717) is 5.75 Å². The van der Waals surface area contributed by atoms with Crippen molar-refractivity contribution in [3.05, 3.63) is 81.3 Å². The zero-order valence-electron chi connectivity index (χ0n) is 19.2. The minimum atomic E-state index is -3.28. The van der Waals surface area contributed by atoms with Gasteiger partial charge >= 0.3 is 0 Å². The van der Waals surface area contributed by atoms with Crippen LogP contribution in [0.1, 0.15) is 41.3 Å². The molecule has 0 aromatic heterocycles. The van der Waals surface area contributed by atoms with Gasteiger partial charge in [0.2, 0.25) is 0 Å².